The fraction of sp³-hybridized carbons (Fsp3) is 0.476. The fourth-order valence-electron chi connectivity index (χ4n) is 3.87. The van der Waals surface area contributed by atoms with Crippen LogP contribution in [0, 0.1) is 5.92 Å². The lowest BCUT2D eigenvalue weighted by Gasteiger charge is -2.31. The molecule has 0 unspecified atom stereocenters. The highest BCUT2D eigenvalue weighted by Crippen LogP contribution is 2.52. The Morgan fingerprint density at radius 3 is 2.50 bits per heavy atom. The van der Waals surface area contributed by atoms with Gasteiger partial charge in [-0.1, -0.05) is 26.3 Å². The summed E-state index contributed by atoms with van der Waals surface area (Å²) >= 11 is 0. The molecule has 0 radical (unpaired) electrons. The monoisotopic (exact) mass is 358 g/mol. The van der Waals surface area contributed by atoms with Crippen LogP contribution < -0.4 is 9.47 Å². The van der Waals surface area contributed by atoms with Gasteiger partial charge in [0.2, 0.25) is 0 Å². The smallest absolute Gasteiger partial charge is 0.185 e. The van der Waals surface area contributed by atoms with Gasteiger partial charge in [0.15, 0.2) is 17.3 Å². The summed E-state index contributed by atoms with van der Waals surface area (Å²) in [6, 6.07) is 5.74. The Balaban J connectivity index is 2.01. The van der Waals surface area contributed by atoms with Gasteiger partial charge >= 0.3 is 0 Å². The zero-order valence-electron chi connectivity index (χ0n) is 16.0. The van der Waals surface area contributed by atoms with Crippen LogP contribution in [0.2, 0.25) is 0 Å². The molecule has 1 fully saturated rings. The second kappa shape index (κ2) is 7.16. The quantitative estimate of drug-likeness (QED) is 0.770. The first-order chi connectivity index (χ1) is 12.5. The highest BCUT2D eigenvalue weighted by atomic mass is 16.6. The minimum atomic E-state index is -0.712. The first kappa shape index (κ1) is 18.5. The summed E-state index contributed by atoms with van der Waals surface area (Å²) in [4.78, 5) is 12.4. The number of carbonyl (C=O) groups excluding carboxylic acids is 1. The van der Waals surface area contributed by atoms with Crippen molar-refractivity contribution in [1.29, 1.82) is 0 Å². The molecule has 26 heavy (non-hydrogen) atoms. The van der Waals surface area contributed by atoms with Crippen LogP contribution in [0.1, 0.15) is 38.4 Å². The predicted octanol–water partition coefficient (Wildman–Crippen LogP) is 3.99. The van der Waals surface area contributed by atoms with Gasteiger partial charge in [0.25, 0.3) is 0 Å². The second-order valence-corrected chi connectivity index (χ2v) is 6.73. The van der Waals surface area contributed by atoms with Crippen molar-refractivity contribution in [3.8, 4) is 11.5 Å². The van der Waals surface area contributed by atoms with Crippen LogP contribution in [-0.4, -0.2) is 32.7 Å². The van der Waals surface area contributed by atoms with Crippen LogP contribution in [0.5, 0.6) is 11.5 Å². The molecule has 0 N–H and O–H groups in total. The number of hydrogen-bond acceptors (Lipinski definition) is 5. The molecule has 1 aromatic carbocycles. The molecule has 5 heteroatoms. The van der Waals surface area contributed by atoms with Gasteiger partial charge in [-0.15, -0.1) is 0 Å². The molecule has 2 aliphatic rings. The van der Waals surface area contributed by atoms with E-state index in [1.54, 1.807) is 27.4 Å². The lowest BCUT2D eigenvalue weighted by molar-refractivity contribution is -0.112. The largest absolute Gasteiger partial charge is 0.493 e. The number of benzene rings is 1. The Bertz CT molecular complexity index is 764. The average Bonchev–Trinajstić information content (AvgIpc) is 2.94. The molecule has 0 aromatic heterocycles. The number of allylic oxidation sites excluding steroid dienone is 2. The van der Waals surface area contributed by atoms with E-state index in [9.17, 15) is 4.79 Å². The summed E-state index contributed by atoms with van der Waals surface area (Å²) < 4.78 is 22.8. The minimum absolute atomic E-state index is 0.00296. The molecule has 3 atom stereocenters. The topological polar surface area (TPSA) is 54.0 Å². The number of methoxy groups -OCH3 is 3. The molecule has 1 heterocycles. The maximum absolute atomic E-state index is 12.4. The maximum Gasteiger partial charge on any atom is 0.185 e. The van der Waals surface area contributed by atoms with E-state index in [-0.39, 0.29) is 17.8 Å². The number of hydrogen-bond donors (Lipinski definition) is 0. The van der Waals surface area contributed by atoms with Crippen LogP contribution in [0.3, 0.4) is 0 Å². The van der Waals surface area contributed by atoms with Crippen molar-refractivity contribution in [2.75, 3.05) is 21.3 Å². The van der Waals surface area contributed by atoms with E-state index in [4.69, 9.17) is 18.9 Å². The third-order valence-corrected chi connectivity index (χ3v) is 5.33. The molecule has 1 aliphatic carbocycles. The molecule has 140 valence electrons. The van der Waals surface area contributed by atoms with Crippen LogP contribution in [0.4, 0.5) is 0 Å². The number of carbonyl (C=O) groups is 1. The van der Waals surface area contributed by atoms with Crippen molar-refractivity contribution in [2.45, 2.75) is 38.4 Å². The van der Waals surface area contributed by atoms with E-state index in [1.807, 2.05) is 24.3 Å². The van der Waals surface area contributed by atoms with Gasteiger partial charge < -0.3 is 18.9 Å². The van der Waals surface area contributed by atoms with Gasteiger partial charge in [-0.05, 0) is 35.8 Å². The minimum Gasteiger partial charge on any atom is -0.493 e. The third-order valence-electron chi connectivity index (χ3n) is 5.33. The van der Waals surface area contributed by atoms with E-state index < -0.39 is 5.60 Å². The zero-order chi connectivity index (χ0) is 18.9. The predicted molar refractivity (Wildman–Crippen MR) is 98.4 cm³/mol. The first-order valence-corrected chi connectivity index (χ1v) is 8.92. The molecule has 0 amide bonds. The lowest BCUT2D eigenvalue weighted by atomic mass is 9.78. The van der Waals surface area contributed by atoms with Gasteiger partial charge in [0.05, 0.1) is 14.2 Å². The summed E-state index contributed by atoms with van der Waals surface area (Å²) in [5.74, 6) is 1.90. The Labute approximate surface area is 154 Å². The SMILES string of the molecule is CCCC1=C[C@]2(OC)C(=CC1=O)O[C@H](c1ccc(OC)c(OC)c1)[C@H]2C. The average molecular weight is 358 g/mol. The molecular formula is C21H26O5. The van der Waals surface area contributed by atoms with E-state index in [2.05, 4.69) is 13.8 Å². The van der Waals surface area contributed by atoms with Crippen molar-refractivity contribution in [2.24, 2.45) is 5.92 Å². The molecule has 0 spiro atoms. The molecule has 0 saturated carbocycles. The highest BCUT2D eigenvalue weighted by Gasteiger charge is 2.53. The van der Waals surface area contributed by atoms with Gasteiger partial charge in [0, 0.05) is 19.1 Å². The number of rotatable bonds is 6. The molecule has 0 bridgehead atoms. The van der Waals surface area contributed by atoms with Crippen LogP contribution in [0.15, 0.2) is 41.7 Å². The summed E-state index contributed by atoms with van der Waals surface area (Å²) in [6.45, 7) is 4.15. The first-order valence-electron chi connectivity index (χ1n) is 8.92. The van der Waals surface area contributed by atoms with Crippen molar-refractivity contribution in [1.82, 2.24) is 0 Å². The van der Waals surface area contributed by atoms with Crippen LogP contribution in [0.25, 0.3) is 0 Å². The van der Waals surface area contributed by atoms with Gasteiger partial charge in [-0.2, -0.15) is 0 Å². The second-order valence-electron chi connectivity index (χ2n) is 6.73. The Hall–Kier alpha value is -2.27. The Morgan fingerprint density at radius 2 is 1.88 bits per heavy atom. The zero-order valence-corrected chi connectivity index (χ0v) is 16.0. The van der Waals surface area contributed by atoms with Crippen molar-refractivity contribution in [3.05, 3.63) is 47.2 Å². The van der Waals surface area contributed by atoms with E-state index in [0.29, 0.717) is 17.3 Å². The Morgan fingerprint density at radius 1 is 1.15 bits per heavy atom. The Kier molecular flexibility index (Phi) is 5.10. The van der Waals surface area contributed by atoms with Crippen LogP contribution in [-0.2, 0) is 14.3 Å². The lowest BCUT2D eigenvalue weighted by Crippen LogP contribution is -2.38. The molecule has 1 aromatic rings. The third kappa shape index (κ3) is 2.80. The summed E-state index contributed by atoms with van der Waals surface area (Å²) in [5, 5.41) is 0. The van der Waals surface area contributed by atoms with Gasteiger partial charge in [-0.3, -0.25) is 4.79 Å². The van der Waals surface area contributed by atoms with Gasteiger partial charge in [-0.25, -0.2) is 0 Å². The van der Waals surface area contributed by atoms with Crippen molar-refractivity contribution < 1.29 is 23.7 Å². The summed E-state index contributed by atoms with van der Waals surface area (Å²) in [5.41, 5.74) is 1.04. The van der Waals surface area contributed by atoms with E-state index in [1.165, 1.54) is 0 Å². The fourth-order valence-corrected chi connectivity index (χ4v) is 3.87. The summed E-state index contributed by atoms with van der Waals surface area (Å²) in [6.07, 6.45) is 4.95. The van der Waals surface area contributed by atoms with Crippen LogP contribution >= 0.6 is 0 Å². The normalized spacial score (nSPS) is 27.3. The number of ketones is 1. The maximum atomic E-state index is 12.4. The van der Waals surface area contributed by atoms with E-state index in [0.717, 1.165) is 24.0 Å². The molecule has 3 rings (SSSR count). The van der Waals surface area contributed by atoms with Gasteiger partial charge in [0.1, 0.15) is 17.5 Å². The van der Waals surface area contributed by atoms with Crippen molar-refractivity contribution >= 4 is 5.78 Å². The van der Waals surface area contributed by atoms with E-state index >= 15 is 0 Å². The highest BCUT2D eigenvalue weighted by molar-refractivity contribution is 6.05. The van der Waals surface area contributed by atoms with Crippen molar-refractivity contribution in [3.63, 3.8) is 0 Å². The molecular weight excluding hydrogens is 332 g/mol. The molecule has 1 aliphatic heterocycles. The number of fused-ring (bicyclic) bond motifs is 1. The standard InChI is InChI=1S/C21H26O5/c1-6-7-15-12-21(25-5)13(2)20(26-19(21)11-16(15)22)14-8-9-17(23-3)18(10-14)24-4/h8-13,20H,6-7H2,1-5H3/t13-,20+,21-/m1/s1. The molecule has 1 saturated heterocycles. The number of ether oxygens (including phenoxy) is 4. The molecule has 5 nitrogen and oxygen atoms in total. The summed E-state index contributed by atoms with van der Waals surface area (Å²) in [7, 11) is 4.88.